The monoisotopic (exact) mass is 194 g/mol. The standard InChI is InChI=1S/C10H18N4/c1-3-11-8-10(4-5-10)6-9-7-14(2)13-12-9/h7,11H,3-6,8H2,1-2H3. The van der Waals surface area contributed by atoms with Gasteiger partial charge in [-0.3, -0.25) is 4.68 Å². The van der Waals surface area contributed by atoms with Crippen molar-refractivity contribution >= 4 is 0 Å². The molecular formula is C10H18N4. The molecule has 1 N–H and O–H groups in total. The van der Waals surface area contributed by atoms with E-state index in [2.05, 4.69) is 22.6 Å². The van der Waals surface area contributed by atoms with Gasteiger partial charge in [0.1, 0.15) is 0 Å². The predicted octanol–water partition coefficient (Wildman–Crippen LogP) is 0.747. The number of aromatic nitrogens is 3. The molecule has 14 heavy (non-hydrogen) atoms. The van der Waals surface area contributed by atoms with E-state index in [0.717, 1.165) is 25.2 Å². The van der Waals surface area contributed by atoms with Crippen molar-refractivity contribution < 1.29 is 0 Å². The second-order valence-electron chi connectivity index (χ2n) is 4.34. The predicted molar refractivity (Wildman–Crippen MR) is 54.9 cm³/mol. The van der Waals surface area contributed by atoms with Gasteiger partial charge in [-0.2, -0.15) is 0 Å². The van der Waals surface area contributed by atoms with Crippen molar-refractivity contribution in [2.45, 2.75) is 26.2 Å². The van der Waals surface area contributed by atoms with Crippen LogP contribution in [0, 0.1) is 5.41 Å². The van der Waals surface area contributed by atoms with Crippen LogP contribution < -0.4 is 5.32 Å². The molecule has 0 aliphatic heterocycles. The van der Waals surface area contributed by atoms with Gasteiger partial charge in [-0.15, -0.1) is 5.10 Å². The molecule has 0 unspecified atom stereocenters. The molecule has 1 aliphatic rings. The van der Waals surface area contributed by atoms with Crippen molar-refractivity contribution in [2.24, 2.45) is 12.5 Å². The molecule has 4 nitrogen and oxygen atoms in total. The van der Waals surface area contributed by atoms with E-state index < -0.39 is 0 Å². The molecule has 0 spiro atoms. The molecule has 1 aliphatic carbocycles. The summed E-state index contributed by atoms with van der Waals surface area (Å²) in [6, 6.07) is 0. The molecule has 1 fully saturated rings. The van der Waals surface area contributed by atoms with Gasteiger partial charge in [0.2, 0.25) is 0 Å². The number of hydrogen-bond acceptors (Lipinski definition) is 3. The maximum atomic E-state index is 4.13. The fraction of sp³-hybridized carbons (Fsp3) is 0.800. The molecule has 0 atom stereocenters. The minimum atomic E-state index is 0.492. The third kappa shape index (κ3) is 2.12. The van der Waals surface area contributed by atoms with E-state index >= 15 is 0 Å². The molecule has 1 heterocycles. The van der Waals surface area contributed by atoms with E-state index in [9.17, 15) is 0 Å². The molecule has 1 saturated carbocycles. The van der Waals surface area contributed by atoms with Crippen LogP contribution in [0.25, 0.3) is 0 Å². The smallest absolute Gasteiger partial charge is 0.0833 e. The van der Waals surface area contributed by atoms with Gasteiger partial charge < -0.3 is 5.32 Å². The first-order valence-electron chi connectivity index (χ1n) is 5.30. The highest BCUT2D eigenvalue weighted by Crippen LogP contribution is 2.47. The van der Waals surface area contributed by atoms with Gasteiger partial charge in [-0.25, -0.2) is 0 Å². The van der Waals surface area contributed by atoms with Crippen molar-refractivity contribution in [3.63, 3.8) is 0 Å². The largest absolute Gasteiger partial charge is 0.316 e. The number of nitrogens with zero attached hydrogens (tertiary/aromatic N) is 3. The molecule has 4 heteroatoms. The molecule has 78 valence electrons. The lowest BCUT2D eigenvalue weighted by Crippen LogP contribution is -2.25. The molecule has 1 aromatic rings. The summed E-state index contributed by atoms with van der Waals surface area (Å²) in [4.78, 5) is 0. The van der Waals surface area contributed by atoms with E-state index in [1.165, 1.54) is 12.8 Å². The van der Waals surface area contributed by atoms with Crippen LogP contribution in [0.15, 0.2) is 6.20 Å². The molecule has 2 rings (SSSR count). The highest BCUT2D eigenvalue weighted by Gasteiger charge is 2.42. The zero-order valence-electron chi connectivity index (χ0n) is 8.95. The van der Waals surface area contributed by atoms with Crippen molar-refractivity contribution in [2.75, 3.05) is 13.1 Å². The minimum Gasteiger partial charge on any atom is -0.316 e. The Morgan fingerprint density at radius 3 is 2.86 bits per heavy atom. The zero-order valence-corrected chi connectivity index (χ0v) is 8.95. The fourth-order valence-electron chi connectivity index (χ4n) is 1.84. The van der Waals surface area contributed by atoms with E-state index in [4.69, 9.17) is 0 Å². The van der Waals surface area contributed by atoms with Gasteiger partial charge in [-0.1, -0.05) is 12.1 Å². The van der Waals surface area contributed by atoms with Gasteiger partial charge >= 0.3 is 0 Å². The van der Waals surface area contributed by atoms with Crippen LogP contribution in [-0.4, -0.2) is 28.1 Å². The third-order valence-corrected chi connectivity index (χ3v) is 2.91. The number of hydrogen-bond donors (Lipinski definition) is 1. The maximum Gasteiger partial charge on any atom is 0.0833 e. The summed E-state index contributed by atoms with van der Waals surface area (Å²) in [5.74, 6) is 0. The molecule has 0 radical (unpaired) electrons. The Morgan fingerprint density at radius 1 is 1.57 bits per heavy atom. The number of rotatable bonds is 5. The number of aryl methyl sites for hydroxylation is 1. The van der Waals surface area contributed by atoms with Crippen molar-refractivity contribution in [1.82, 2.24) is 20.3 Å². The Labute approximate surface area is 84.7 Å². The summed E-state index contributed by atoms with van der Waals surface area (Å²) in [5, 5.41) is 11.5. The average molecular weight is 194 g/mol. The molecule has 0 saturated heterocycles. The maximum absolute atomic E-state index is 4.13. The van der Waals surface area contributed by atoms with Gasteiger partial charge in [0.15, 0.2) is 0 Å². The summed E-state index contributed by atoms with van der Waals surface area (Å²) in [7, 11) is 1.92. The number of nitrogens with one attached hydrogen (secondary N) is 1. The van der Waals surface area contributed by atoms with Crippen LogP contribution in [-0.2, 0) is 13.5 Å². The SMILES string of the molecule is CCNCC1(Cc2cn(C)nn2)CC1. The van der Waals surface area contributed by atoms with Crippen LogP contribution in [0.2, 0.25) is 0 Å². The van der Waals surface area contributed by atoms with Gasteiger partial charge in [0.05, 0.1) is 5.69 Å². The van der Waals surface area contributed by atoms with Crippen LogP contribution >= 0.6 is 0 Å². The summed E-state index contributed by atoms with van der Waals surface area (Å²) < 4.78 is 1.78. The molecule has 0 aromatic carbocycles. The van der Waals surface area contributed by atoms with Gasteiger partial charge in [-0.05, 0) is 31.2 Å². The average Bonchev–Trinajstić information content (AvgIpc) is 2.81. The highest BCUT2D eigenvalue weighted by molar-refractivity contribution is 5.06. The molecule has 1 aromatic heterocycles. The van der Waals surface area contributed by atoms with Crippen molar-refractivity contribution in [1.29, 1.82) is 0 Å². The normalized spacial score (nSPS) is 18.4. The second-order valence-corrected chi connectivity index (χ2v) is 4.34. The quantitative estimate of drug-likeness (QED) is 0.752. The Kier molecular flexibility index (Phi) is 2.54. The zero-order chi connectivity index (χ0) is 10.0. The second kappa shape index (κ2) is 3.69. The first-order valence-corrected chi connectivity index (χ1v) is 5.30. The lowest BCUT2D eigenvalue weighted by molar-refractivity contribution is 0.458. The van der Waals surface area contributed by atoms with Crippen LogP contribution in [0.3, 0.4) is 0 Å². The molecule has 0 amide bonds. The van der Waals surface area contributed by atoms with Gasteiger partial charge in [0.25, 0.3) is 0 Å². The lowest BCUT2D eigenvalue weighted by Gasteiger charge is -2.12. The third-order valence-electron chi connectivity index (χ3n) is 2.91. The lowest BCUT2D eigenvalue weighted by atomic mass is 10.0. The first-order chi connectivity index (χ1) is 6.74. The van der Waals surface area contributed by atoms with E-state index in [1.807, 2.05) is 13.2 Å². The Bertz CT molecular complexity index is 301. The van der Waals surface area contributed by atoms with E-state index in [-0.39, 0.29) is 0 Å². The van der Waals surface area contributed by atoms with Crippen molar-refractivity contribution in [3.8, 4) is 0 Å². The van der Waals surface area contributed by atoms with Crippen molar-refractivity contribution in [3.05, 3.63) is 11.9 Å². The Morgan fingerprint density at radius 2 is 2.36 bits per heavy atom. The summed E-state index contributed by atoms with van der Waals surface area (Å²) in [5.41, 5.74) is 1.62. The highest BCUT2D eigenvalue weighted by atomic mass is 15.4. The van der Waals surface area contributed by atoms with Gasteiger partial charge in [0, 0.05) is 19.8 Å². The summed E-state index contributed by atoms with van der Waals surface area (Å²) in [6.45, 7) is 4.33. The summed E-state index contributed by atoms with van der Waals surface area (Å²) in [6.07, 6.45) is 5.76. The Hall–Kier alpha value is -0.900. The molecule has 0 bridgehead atoms. The van der Waals surface area contributed by atoms with E-state index in [1.54, 1.807) is 4.68 Å². The molecular weight excluding hydrogens is 176 g/mol. The minimum absolute atomic E-state index is 0.492. The first kappa shape index (κ1) is 9.65. The topological polar surface area (TPSA) is 42.7 Å². The van der Waals surface area contributed by atoms with E-state index in [0.29, 0.717) is 5.41 Å². The van der Waals surface area contributed by atoms with Crippen LogP contribution in [0.4, 0.5) is 0 Å². The fourth-order valence-corrected chi connectivity index (χ4v) is 1.84. The van der Waals surface area contributed by atoms with Crippen LogP contribution in [0.5, 0.6) is 0 Å². The Balaban J connectivity index is 1.90. The summed E-state index contributed by atoms with van der Waals surface area (Å²) >= 11 is 0. The van der Waals surface area contributed by atoms with Crippen LogP contribution in [0.1, 0.15) is 25.5 Å².